The second-order valence-electron chi connectivity index (χ2n) is 7.13. The first-order valence-corrected chi connectivity index (χ1v) is 8.03. The van der Waals surface area contributed by atoms with E-state index in [1.807, 2.05) is 34.6 Å². The number of nitrogens with zero attached hydrogens (tertiary/aromatic N) is 1. The number of thiocarbonyl (C=S) groups is 1. The van der Waals surface area contributed by atoms with E-state index in [9.17, 15) is 14.8 Å². The van der Waals surface area contributed by atoms with Gasteiger partial charge in [0.1, 0.15) is 11.0 Å². The third-order valence-electron chi connectivity index (χ3n) is 3.45. The largest absolute Gasteiger partial charge is 0.381 e. The first kappa shape index (κ1) is 21.8. The fourth-order valence-electron chi connectivity index (χ4n) is 2.43. The molecule has 0 saturated heterocycles. The molecule has 0 aliphatic carbocycles. The van der Waals surface area contributed by atoms with E-state index in [-0.39, 0.29) is 12.3 Å². The topological polar surface area (TPSA) is 102 Å². The lowest BCUT2D eigenvalue weighted by molar-refractivity contribution is -0.183. The smallest absolute Gasteiger partial charge is 0.250 e. The molecular formula is C15H29N3O4S. The molecule has 0 fully saturated rings. The highest BCUT2D eigenvalue weighted by Gasteiger charge is 2.39. The van der Waals surface area contributed by atoms with Gasteiger partial charge in [-0.1, -0.05) is 46.8 Å². The van der Waals surface area contributed by atoms with E-state index in [4.69, 9.17) is 17.4 Å². The van der Waals surface area contributed by atoms with E-state index in [2.05, 4.69) is 5.32 Å². The lowest BCUT2D eigenvalue weighted by Crippen LogP contribution is -2.54. The van der Waals surface area contributed by atoms with Crippen LogP contribution in [0.2, 0.25) is 0 Å². The maximum Gasteiger partial charge on any atom is 0.250 e. The van der Waals surface area contributed by atoms with Gasteiger partial charge in [-0.3, -0.25) is 20.0 Å². The molecule has 4 N–H and O–H groups in total. The molecule has 0 unspecified atom stereocenters. The molecule has 0 rings (SSSR count). The van der Waals surface area contributed by atoms with Crippen LogP contribution in [-0.4, -0.2) is 45.4 Å². The molecule has 2 amide bonds. The van der Waals surface area contributed by atoms with Crippen molar-refractivity contribution in [1.82, 2.24) is 15.9 Å². The van der Waals surface area contributed by atoms with Gasteiger partial charge in [0, 0.05) is 19.4 Å². The summed E-state index contributed by atoms with van der Waals surface area (Å²) in [6.07, 6.45) is 0.209. The van der Waals surface area contributed by atoms with Gasteiger partial charge < -0.3 is 5.32 Å². The quantitative estimate of drug-likeness (QED) is 0.318. The average Bonchev–Trinajstić information content (AvgIpc) is 2.43. The second-order valence-corrected chi connectivity index (χ2v) is 7.57. The maximum absolute atomic E-state index is 12.7. The number of nitrogens with one attached hydrogen (secondary N) is 2. The standard InChI is InChI=1S/C15H29N3O4S/c1-9(2)7-10(8-11(19)17-21)14(20)18(22)12(13(23)16-6)15(3,4)5/h9-10,12,21-22H,7-8H2,1-6H3,(H,16,23)(H,17,19)/t10-,12-/m1/s1. The SMILES string of the molecule is CNC(=S)[C@@H](N(O)C(=O)[C@@H](CC(=O)NO)CC(C)C)C(C)(C)C. The Kier molecular flexibility index (Phi) is 8.65. The van der Waals surface area contributed by atoms with Crippen molar-refractivity contribution in [3.05, 3.63) is 0 Å². The highest BCUT2D eigenvalue weighted by Crippen LogP contribution is 2.27. The van der Waals surface area contributed by atoms with Crippen molar-refractivity contribution in [3.63, 3.8) is 0 Å². The van der Waals surface area contributed by atoms with E-state index in [1.165, 1.54) is 5.48 Å². The number of rotatable bonds is 7. The Balaban J connectivity index is 5.43. The van der Waals surface area contributed by atoms with Gasteiger partial charge in [0.25, 0.3) is 0 Å². The van der Waals surface area contributed by atoms with Gasteiger partial charge in [-0.25, -0.2) is 10.5 Å². The monoisotopic (exact) mass is 347 g/mol. The Morgan fingerprint density at radius 2 is 1.78 bits per heavy atom. The number of carbonyl (C=O) groups excluding carboxylic acids is 2. The van der Waals surface area contributed by atoms with Crippen LogP contribution in [0.25, 0.3) is 0 Å². The van der Waals surface area contributed by atoms with Crippen molar-refractivity contribution < 1.29 is 20.0 Å². The Hall–Kier alpha value is -1.25. The summed E-state index contributed by atoms with van der Waals surface area (Å²) in [5.74, 6) is -1.84. The summed E-state index contributed by atoms with van der Waals surface area (Å²) in [7, 11) is 1.63. The summed E-state index contributed by atoms with van der Waals surface area (Å²) in [4.78, 5) is 24.4. The molecule has 0 heterocycles. The van der Waals surface area contributed by atoms with Crippen LogP contribution in [0.1, 0.15) is 47.5 Å². The number of hydroxylamine groups is 3. The van der Waals surface area contributed by atoms with Crippen LogP contribution in [0.3, 0.4) is 0 Å². The first-order chi connectivity index (χ1) is 10.4. The normalized spacial score (nSPS) is 14.1. The summed E-state index contributed by atoms with van der Waals surface area (Å²) in [6, 6.07) is -0.721. The van der Waals surface area contributed by atoms with Crippen molar-refractivity contribution in [2.45, 2.75) is 53.5 Å². The van der Waals surface area contributed by atoms with Crippen LogP contribution < -0.4 is 10.8 Å². The summed E-state index contributed by atoms with van der Waals surface area (Å²) >= 11 is 5.22. The van der Waals surface area contributed by atoms with Crippen molar-refractivity contribution in [1.29, 1.82) is 0 Å². The highest BCUT2D eigenvalue weighted by molar-refractivity contribution is 7.80. The third-order valence-corrected chi connectivity index (χ3v) is 3.87. The van der Waals surface area contributed by atoms with Crippen LogP contribution in [0.15, 0.2) is 0 Å². The van der Waals surface area contributed by atoms with E-state index < -0.39 is 29.2 Å². The number of hydrogen-bond acceptors (Lipinski definition) is 5. The molecule has 0 aromatic carbocycles. The highest BCUT2D eigenvalue weighted by atomic mass is 32.1. The Morgan fingerprint density at radius 1 is 1.26 bits per heavy atom. The number of amides is 2. The Bertz CT molecular complexity index is 435. The molecular weight excluding hydrogens is 318 g/mol. The number of hydrogen-bond donors (Lipinski definition) is 4. The van der Waals surface area contributed by atoms with Crippen molar-refractivity contribution >= 4 is 29.0 Å². The lowest BCUT2D eigenvalue weighted by Gasteiger charge is -2.37. The fourth-order valence-corrected chi connectivity index (χ4v) is 2.89. The summed E-state index contributed by atoms with van der Waals surface area (Å²) in [6.45, 7) is 9.40. The van der Waals surface area contributed by atoms with E-state index in [1.54, 1.807) is 7.05 Å². The molecule has 134 valence electrons. The van der Waals surface area contributed by atoms with Crippen LogP contribution in [-0.2, 0) is 9.59 Å². The minimum atomic E-state index is -0.739. The summed E-state index contributed by atoms with van der Waals surface area (Å²) < 4.78 is 0. The minimum absolute atomic E-state index is 0.146. The van der Waals surface area contributed by atoms with Gasteiger partial charge in [-0.05, 0) is 17.8 Å². The molecule has 0 aliphatic rings. The van der Waals surface area contributed by atoms with E-state index >= 15 is 0 Å². The zero-order chi connectivity index (χ0) is 18.4. The zero-order valence-corrected chi connectivity index (χ0v) is 15.5. The predicted octanol–water partition coefficient (Wildman–Crippen LogP) is 1.72. The van der Waals surface area contributed by atoms with Gasteiger partial charge in [-0.15, -0.1) is 0 Å². The van der Waals surface area contributed by atoms with E-state index in [0.29, 0.717) is 16.5 Å². The molecule has 2 atom stereocenters. The molecule has 0 saturated carbocycles. The van der Waals surface area contributed by atoms with Crippen LogP contribution in [0.5, 0.6) is 0 Å². The average molecular weight is 347 g/mol. The van der Waals surface area contributed by atoms with Gasteiger partial charge in [0.05, 0.1) is 0 Å². The third kappa shape index (κ3) is 6.80. The molecule has 0 aliphatic heterocycles. The molecule has 0 radical (unpaired) electrons. The van der Waals surface area contributed by atoms with Crippen LogP contribution in [0, 0.1) is 17.3 Å². The predicted molar refractivity (Wildman–Crippen MR) is 91.0 cm³/mol. The first-order valence-electron chi connectivity index (χ1n) is 7.62. The van der Waals surface area contributed by atoms with E-state index in [0.717, 1.165) is 0 Å². The number of likely N-dealkylation sites (N-methyl/N-ethyl adjacent to an activating group) is 1. The molecule has 0 spiro atoms. The van der Waals surface area contributed by atoms with Gasteiger partial charge in [0.15, 0.2) is 0 Å². The Morgan fingerprint density at radius 3 is 2.13 bits per heavy atom. The fraction of sp³-hybridized carbons (Fsp3) is 0.800. The summed E-state index contributed by atoms with van der Waals surface area (Å²) in [5.41, 5.74) is 1.03. The van der Waals surface area contributed by atoms with Crippen LogP contribution >= 0.6 is 12.2 Å². The van der Waals surface area contributed by atoms with Gasteiger partial charge in [0.2, 0.25) is 11.8 Å². The van der Waals surface area contributed by atoms with Gasteiger partial charge in [-0.2, -0.15) is 0 Å². The Labute approximate surface area is 143 Å². The van der Waals surface area contributed by atoms with Crippen molar-refractivity contribution in [2.75, 3.05) is 7.05 Å². The van der Waals surface area contributed by atoms with Crippen LogP contribution in [0.4, 0.5) is 0 Å². The number of carbonyl (C=O) groups is 2. The molecule has 0 bridgehead atoms. The second kappa shape index (κ2) is 9.14. The molecule has 23 heavy (non-hydrogen) atoms. The van der Waals surface area contributed by atoms with Gasteiger partial charge >= 0.3 is 0 Å². The lowest BCUT2D eigenvalue weighted by atomic mass is 9.85. The maximum atomic E-state index is 12.7. The molecule has 8 heteroatoms. The molecule has 0 aromatic rings. The van der Waals surface area contributed by atoms with Crippen molar-refractivity contribution in [2.24, 2.45) is 17.3 Å². The summed E-state index contributed by atoms with van der Waals surface area (Å²) in [5, 5.41) is 22.5. The zero-order valence-electron chi connectivity index (χ0n) is 14.7. The minimum Gasteiger partial charge on any atom is -0.381 e. The molecule has 0 aromatic heterocycles. The van der Waals surface area contributed by atoms with Crippen molar-refractivity contribution in [3.8, 4) is 0 Å². The molecule has 7 nitrogen and oxygen atoms in total.